The number of benzene rings is 1. The fraction of sp³-hybridized carbons (Fsp3) is 0.214. The van der Waals surface area contributed by atoms with Crippen LogP contribution in [0.3, 0.4) is 0 Å². The van der Waals surface area contributed by atoms with Crippen LogP contribution in [0, 0.1) is 0 Å². The highest BCUT2D eigenvalue weighted by molar-refractivity contribution is 5.76. The van der Waals surface area contributed by atoms with Gasteiger partial charge in [0.2, 0.25) is 0 Å². The molecule has 98 valence electrons. The zero-order valence-electron chi connectivity index (χ0n) is 10.6. The molecule has 1 aromatic carbocycles. The number of nitrogens with zero attached hydrogens (tertiary/aromatic N) is 1. The quantitative estimate of drug-likeness (QED) is 0.755. The van der Waals surface area contributed by atoms with Crippen LogP contribution in [0.1, 0.15) is 12.6 Å². The molecule has 5 heteroatoms. The predicted molar refractivity (Wildman–Crippen MR) is 74.3 cm³/mol. The maximum Gasteiger partial charge on any atom is 0.417 e. The topological polar surface area (TPSA) is 63.0 Å². The molecular formula is C14H15N3O2. The molecule has 0 aliphatic heterocycles. The van der Waals surface area contributed by atoms with Crippen molar-refractivity contribution in [3.8, 4) is 0 Å². The van der Waals surface area contributed by atoms with Gasteiger partial charge in [-0.2, -0.15) is 0 Å². The van der Waals surface area contributed by atoms with Gasteiger partial charge in [0.05, 0.1) is 12.1 Å². The number of hydrogen-bond acceptors (Lipinski definition) is 3. The van der Waals surface area contributed by atoms with Crippen molar-refractivity contribution >= 4 is 16.8 Å². The van der Waals surface area contributed by atoms with E-state index in [1.807, 2.05) is 18.2 Å². The molecule has 0 radical (unpaired) electrons. The van der Waals surface area contributed by atoms with Crippen LogP contribution in [0.4, 0.5) is 5.69 Å². The Morgan fingerprint density at radius 2 is 2.26 bits per heavy atom. The average molecular weight is 257 g/mol. The average Bonchev–Trinajstić information content (AvgIpc) is 3.00. The number of aryl methyl sites for hydroxylation is 1. The Balaban J connectivity index is 1.79. The van der Waals surface area contributed by atoms with Gasteiger partial charge in [0.1, 0.15) is 0 Å². The van der Waals surface area contributed by atoms with Crippen LogP contribution in [-0.2, 0) is 13.1 Å². The summed E-state index contributed by atoms with van der Waals surface area (Å²) in [6.07, 6.45) is 2.06. The predicted octanol–water partition coefficient (Wildman–Crippen LogP) is 2.55. The molecule has 0 bridgehead atoms. The minimum absolute atomic E-state index is 0.424. The van der Waals surface area contributed by atoms with Gasteiger partial charge in [0.25, 0.3) is 0 Å². The summed E-state index contributed by atoms with van der Waals surface area (Å²) in [5, 5.41) is 3.34. The second kappa shape index (κ2) is 4.68. The molecule has 0 aliphatic carbocycles. The van der Waals surface area contributed by atoms with Crippen molar-refractivity contribution in [1.82, 2.24) is 9.55 Å². The summed E-state index contributed by atoms with van der Waals surface area (Å²) in [5.41, 5.74) is 3.46. The zero-order valence-corrected chi connectivity index (χ0v) is 10.6. The van der Waals surface area contributed by atoms with Gasteiger partial charge in [0.15, 0.2) is 5.58 Å². The molecule has 0 fully saturated rings. The first-order valence-electron chi connectivity index (χ1n) is 6.27. The van der Waals surface area contributed by atoms with Gasteiger partial charge in [-0.1, -0.05) is 0 Å². The van der Waals surface area contributed by atoms with E-state index in [0.717, 1.165) is 18.8 Å². The third kappa shape index (κ3) is 2.27. The monoisotopic (exact) mass is 257 g/mol. The van der Waals surface area contributed by atoms with E-state index in [4.69, 9.17) is 4.42 Å². The molecule has 0 saturated carbocycles. The van der Waals surface area contributed by atoms with E-state index in [1.54, 1.807) is 6.07 Å². The van der Waals surface area contributed by atoms with E-state index in [2.05, 4.69) is 34.1 Å². The van der Waals surface area contributed by atoms with Crippen LogP contribution in [0.2, 0.25) is 0 Å². The van der Waals surface area contributed by atoms with Crippen LogP contribution >= 0.6 is 0 Å². The number of nitrogens with one attached hydrogen (secondary N) is 2. The van der Waals surface area contributed by atoms with Gasteiger partial charge in [-0.3, -0.25) is 4.98 Å². The highest BCUT2D eigenvalue weighted by Gasteiger charge is 2.03. The molecule has 3 aromatic rings. The Morgan fingerprint density at radius 1 is 1.37 bits per heavy atom. The summed E-state index contributed by atoms with van der Waals surface area (Å²) < 4.78 is 7.15. The van der Waals surface area contributed by atoms with Gasteiger partial charge in [0, 0.05) is 24.1 Å². The summed E-state index contributed by atoms with van der Waals surface area (Å²) in [5.74, 6) is -0.424. The third-order valence-corrected chi connectivity index (χ3v) is 3.16. The van der Waals surface area contributed by atoms with Crippen LogP contribution in [0.5, 0.6) is 0 Å². The van der Waals surface area contributed by atoms with E-state index in [-0.39, 0.29) is 0 Å². The van der Waals surface area contributed by atoms with E-state index in [1.165, 1.54) is 5.69 Å². The van der Waals surface area contributed by atoms with Crippen LogP contribution < -0.4 is 11.1 Å². The highest BCUT2D eigenvalue weighted by Crippen LogP contribution is 2.17. The Labute approximate surface area is 109 Å². The Hall–Kier alpha value is -2.43. The van der Waals surface area contributed by atoms with E-state index in [9.17, 15) is 4.79 Å². The van der Waals surface area contributed by atoms with Crippen molar-refractivity contribution in [2.45, 2.75) is 20.0 Å². The minimum atomic E-state index is -0.424. The molecule has 0 saturated heterocycles. The Morgan fingerprint density at radius 3 is 3.11 bits per heavy atom. The Kier molecular flexibility index (Phi) is 2.87. The summed E-state index contributed by atoms with van der Waals surface area (Å²) in [6, 6.07) is 9.69. The lowest BCUT2D eigenvalue weighted by molar-refractivity contribution is 0.555. The molecule has 2 heterocycles. The number of aromatic amines is 1. The van der Waals surface area contributed by atoms with E-state index in [0.29, 0.717) is 11.1 Å². The van der Waals surface area contributed by atoms with Crippen LogP contribution in [-0.4, -0.2) is 9.55 Å². The maximum absolute atomic E-state index is 11.1. The van der Waals surface area contributed by atoms with E-state index < -0.39 is 5.76 Å². The van der Waals surface area contributed by atoms with Crippen molar-refractivity contribution in [2.75, 3.05) is 5.32 Å². The molecule has 3 rings (SSSR count). The standard InChI is InChI=1S/C14H15N3O2/c1-2-17-7-3-4-11(17)9-15-10-5-6-13-12(8-10)16-14(18)19-13/h3-8,15H,2,9H2,1H3,(H,16,18). The van der Waals surface area contributed by atoms with Crippen LogP contribution in [0.15, 0.2) is 45.7 Å². The van der Waals surface area contributed by atoms with Crippen molar-refractivity contribution in [2.24, 2.45) is 0 Å². The molecule has 0 aliphatic rings. The molecule has 5 nitrogen and oxygen atoms in total. The molecule has 0 unspecified atom stereocenters. The van der Waals surface area contributed by atoms with Crippen molar-refractivity contribution in [3.05, 3.63) is 52.8 Å². The number of anilines is 1. The molecule has 0 atom stereocenters. The van der Waals surface area contributed by atoms with Crippen molar-refractivity contribution < 1.29 is 4.42 Å². The summed E-state index contributed by atoms with van der Waals surface area (Å²) in [7, 11) is 0. The zero-order chi connectivity index (χ0) is 13.2. The molecule has 19 heavy (non-hydrogen) atoms. The third-order valence-electron chi connectivity index (χ3n) is 3.16. The highest BCUT2D eigenvalue weighted by atomic mass is 16.4. The second-order valence-electron chi connectivity index (χ2n) is 4.36. The van der Waals surface area contributed by atoms with Gasteiger partial charge in [-0.15, -0.1) is 0 Å². The van der Waals surface area contributed by atoms with Crippen LogP contribution in [0.25, 0.3) is 11.1 Å². The molecular weight excluding hydrogens is 242 g/mol. The first-order chi connectivity index (χ1) is 9.26. The fourth-order valence-electron chi connectivity index (χ4n) is 2.17. The van der Waals surface area contributed by atoms with E-state index >= 15 is 0 Å². The van der Waals surface area contributed by atoms with Crippen molar-refractivity contribution in [3.63, 3.8) is 0 Å². The first-order valence-corrected chi connectivity index (χ1v) is 6.27. The normalized spacial score (nSPS) is 11.0. The number of oxazole rings is 1. The summed E-state index contributed by atoms with van der Waals surface area (Å²) in [4.78, 5) is 13.7. The molecule has 0 amide bonds. The Bertz CT molecular complexity index is 751. The number of fused-ring (bicyclic) bond motifs is 1. The SMILES string of the molecule is CCn1cccc1CNc1ccc2oc(=O)[nH]c2c1. The number of H-pyrrole nitrogens is 1. The first kappa shape index (κ1) is 11.6. The number of aromatic nitrogens is 2. The van der Waals surface area contributed by atoms with Crippen molar-refractivity contribution in [1.29, 1.82) is 0 Å². The molecule has 0 spiro atoms. The second-order valence-corrected chi connectivity index (χ2v) is 4.36. The smallest absolute Gasteiger partial charge is 0.408 e. The van der Waals surface area contributed by atoms with Gasteiger partial charge in [-0.25, -0.2) is 4.79 Å². The molecule has 2 N–H and O–H groups in total. The minimum Gasteiger partial charge on any atom is -0.408 e. The van der Waals surface area contributed by atoms with Gasteiger partial charge < -0.3 is 14.3 Å². The lowest BCUT2D eigenvalue weighted by Gasteiger charge is -2.09. The van der Waals surface area contributed by atoms with Gasteiger partial charge in [-0.05, 0) is 37.3 Å². The lowest BCUT2D eigenvalue weighted by Crippen LogP contribution is -2.05. The number of rotatable bonds is 4. The fourth-order valence-corrected chi connectivity index (χ4v) is 2.17. The largest absolute Gasteiger partial charge is 0.417 e. The summed E-state index contributed by atoms with van der Waals surface area (Å²) in [6.45, 7) is 3.82. The summed E-state index contributed by atoms with van der Waals surface area (Å²) >= 11 is 0. The number of hydrogen-bond donors (Lipinski definition) is 2. The molecule has 2 aromatic heterocycles. The van der Waals surface area contributed by atoms with Gasteiger partial charge >= 0.3 is 5.76 Å². The maximum atomic E-state index is 11.1. The lowest BCUT2D eigenvalue weighted by atomic mass is 10.3.